The van der Waals surface area contributed by atoms with Crippen LogP contribution in [0.2, 0.25) is 0 Å². The molecule has 0 aliphatic carbocycles. The average molecular weight is 542 g/mol. The monoisotopic (exact) mass is 541 g/mol. The van der Waals surface area contributed by atoms with Crippen molar-refractivity contribution in [3.63, 3.8) is 0 Å². The smallest absolute Gasteiger partial charge is 0.421 e. The molecule has 0 radical (unpaired) electrons. The SMILES string of the molecule is Cc1ccc(C(=O)N(CC(=O)N2CCCCC2)c2ccc(Oc3ncccc3C(F)(F)F)cc2C(=O)O)cc1. The van der Waals surface area contributed by atoms with E-state index in [0.29, 0.717) is 13.1 Å². The highest BCUT2D eigenvalue weighted by Crippen LogP contribution is 2.37. The van der Waals surface area contributed by atoms with E-state index in [1.165, 1.54) is 12.1 Å². The van der Waals surface area contributed by atoms with Crippen molar-refractivity contribution in [2.45, 2.75) is 32.4 Å². The van der Waals surface area contributed by atoms with Gasteiger partial charge in [-0.25, -0.2) is 9.78 Å². The zero-order chi connectivity index (χ0) is 28.2. The first-order valence-electron chi connectivity index (χ1n) is 12.3. The van der Waals surface area contributed by atoms with Crippen LogP contribution in [0.4, 0.5) is 18.9 Å². The Hall–Kier alpha value is -4.41. The fourth-order valence-corrected chi connectivity index (χ4v) is 4.28. The van der Waals surface area contributed by atoms with Crippen LogP contribution in [-0.2, 0) is 11.0 Å². The van der Waals surface area contributed by atoms with E-state index in [4.69, 9.17) is 4.74 Å². The molecular weight excluding hydrogens is 515 g/mol. The van der Waals surface area contributed by atoms with Crippen LogP contribution in [-0.4, -0.2) is 52.4 Å². The minimum Gasteiger partial charge on any atom is -0.478 e. The Labute approximate surface area is 222 Å². The number of hydrogen-bond acceptors (Lipinski definition) is 5. The Bertz CT molecular complexity index is 1370. The van der Waals surface area contributed by atoms with Gasteiger partial charge in [0, 0.05) is 24.8 Å². The lowest BCUT2D eigenvalue weighted by molar-refractivity contribution is -0.139. The van der Waals surface area contributed by atoms with Crippen molar-refractivity contribution in [3.8, 4) is 11.6 Å². The third-order valence-corrected chi connectivity index (χ3v) is 6.33. The van der Waals surface area contributed by atoms with Crippen LogP contribution in [0.25, 0.3) is 0 Å². The molecule has 1 aliphatic rings. The number of ether oxygens (including phenoxy) is 1. The Morgan fingerprint density at radius 1 is 1.03 bits per heavy atom. The van der Waals surface area contributed by atoms with Crippen LogP contribution in [0.3, 0.4) is 0 Å². The summed E-state index contributed by atoms with van der Waals surface area (Å²) in [7, 11) is 0. The molecule has 0 bridgehead atoms. The number of likely N-dealkylation sites (tertiary alicyclic amines) is 1. The van der Waals surface area contributed by atoms with Crippen LogP contribution in [0.1, 0.15) is 51.1 Å². The minimum atomic E-state index is -4.74. The number of carboxylic acids is 1. The van der Waals surface area contributed by atoms with Gasteiger partial charge in [0.05, 0.1) is 11.3 Å². The van der Waals surface area contributed by atoms with Crippen LogP contribution < -0.4 is 9.64 Å². The molecule has 1 saturated heterocycles. The Morgan fingerprint density at radius 3 is 2.36 bits per heavy atom. The van der Waals surface area contributed by atoms with Gasteiger partial charge in [0.2, 0.25) is 11.8 Å². The van der Waals surface area contributed by atoms with Crippen molar-refractivity contribution >= 4 is 23.5 Å². The van der Waals surface area contributed by atoms with Crippen LogP contribution in [0, 0.1) is 6.92 Å². The molecule has 1 aliphatic heterocycles. The summed E-state index contributed by atoms with van der Waals surface area (Å²) >= 11 is 0. The molecule has 0 spiro atoms. The molecule has 1 N–H and O–H groups in total. The molecule has 0 unspecified atom stereocenters. The molecule has 2 aromatic carbocycles. The van der Waals surface area contributed by atoms with Gasteiger partial charge in [-0.2, -0.15) is 13.2 Å². The largest absolute Gasteiger partial charge is 0.478 e. The quantitative estimate of drug-likeness (QED) is 0.421. The molecule has 8 nitrogen and oxygen atoms in total. The average Bonchev–Trinajstić information content (AvgIpc) is 2.92. The lowest BCUT2D eigenvalue weighted by Crippen LogP contribution is -2.45. The summed E-state index contributed by atoms with van der Waals surface area (Å²) < 4.78 is 45.5. The van der Waals surface area contributed by atoms with Gasteiger partial charge in [-0.05, 0) is 68.7 Å². The van der Waals surface area contributed by atoms with E-state index in [2.05, 4.69) is 4.98 Å². The minimum absolute atomic E-state index is 0.0946. The molecule has 2 heterocycles. The number of nitrogens with zero attached hydrogens (tertiary/aromatic N) is 3. The predicted octanol–water partition coefficient (Wildman–Crippen LogP) is 5.56. The van der Waals surface area contributed by atoms with Crippen molar-refractivity contribution in [2.24, 2.45) is 0 Å². The van der Waals surface area contributed by atoms with Gasteiger partial charge in [-0.1, -0.05) is 17.7 Å². The number of carboxylic acid groups (broad SMARTS) is 1. The number of aromatic nitrogens is 1. The normalized spacial score (nSPS) is 13.6. The van der Waals surface area contributed by atoms with Gasteiger partial charge >= 0.3 is 12.1 Å². The van der Waals surface area contributed by atoms with Gasteiger partial charge in [-0.3, -0.25) is 14.5 Å². The second kappa shape index (κ2) is 11.5. The Morgan fingerprint density at radius 2 is 1.72 bits per heavy atom. The second-order valence-electron chi connectivity index (χ2n) is 9.14. The van der Waals surface area contributed by atoms with Crippen molar-refractivity contribution in [1.29, 1.82) is 0 Å². The predicted molar refractivity (Wildman–Crippen MR) is 136 cm³/mol. The molecule has 0 saturated carbocycles. The summed E-state index contributed by atoms with van der Waals surface area (Å²) in [4.78, 5) is 45.3. The number of aryl methyl sites for hydroxylation is 1. The van der Waals surface area contributed by atoms with Gasteiger partial charge < -0.3 is 14.7 Å². The maximum atomic E-state index is 13.6. The van der Waals surface area contributed by atoms with Crippen LogP contribution in [0.15, 0.2) is 60.8 Å². The summed E-state index contributed by atoms with van der Waals surface area (Å²) in [5, 5.41) is 9.98. The number of carbonyl (C=O) groups is 3. The number of anilines is 1. The molecule has 11 heteroatoms. The molecule has 4 rings (SSSR count). The number of benzene rings is 2. The highest BCUT2D eigenvalue weighted by Gasteiger charge is 2.35. The van der Waals surface area contributed by atoms with E-state index < -0.39 is 41.6 Å². The maximum Gasteiger partial charge on any atom is 0.421 e. The molecule has 1 fully saturated rings. The number of hydrogen-bond donors (Lipinski definition) is 1. The zero-order valence-electron chi connectivity index (χ0n) is 21.1. The number of rotatable bonds is 7. The zero-order valence-corrected chi connectivity index (χ0v) is 21.1. The fourth-order valence-electron chi connectivity index (χ4n) is 4.28. The number of pyridine rings is 1. The van der Waals surface area contributed by atoms with Gasteiger partial charge in [-0.15, -0.1) is 0 Å². The topological polar surface area (TPSA) is 100 Å². The molecule has 0 atom stereocenters. The van der Waals surface area contributed by atoms with E-state index in [9.17, 15) is 32.7 Å². The number of aromatic carboxylic acids is 1. The maximum absolute atomic E-state index is 13.6. The van der Waals surface area contributed by atoms with E-state index in [-0.39, 0.29) is 22.9 Å². The molecule has 39 heavy (non-hydrogen) atoms. The first kappa shape index (κ1) is 27.6. The fraction of sp³-hybridized carbons (Fsp3) is 0.286. The second-order valence-corrected chi connectivity index (χ2v) is 9.14. The van der Waals surface area contributed by atoms with E-state index in [1.807, 2.05) is 6.92 Å². The van der Waals surface area contributed by atoms with Crippen molar-refractivity contribution in [1.82, 2.24) is 9.88 Å². The molecule has 3 aromatic rings. The van der Waals surface area contributed by atoms with Crippen molar-refractivity contribution in [2.75, 3.05) is 24.5 Å². The van der Waals surface area contributed by atoms with Gasteiger partial charge in [0.1, 0.15) is 17.9 Å². The number of alkyl halides is 3. The molecule has 1 aromatic heterocycles. The highest BCUT2D eigenvalue weighted by molar-refractivity contribution is 6.11. The summed E-state index contributed by atoms with van der Waals surface area (Å²) in [5.74, 6) is -3.37. The summed E-state index contributed by atoms with van der Waals surface area (Å²) in [6.07, 6.45) is -0.974. The lowest BCUT2D eigenvalue weighted by Gasteiger charge is -2.30. The third kappa shape index (κ3) is 6.54. The Kier molecular flexibility index (Phi) is 8.18. The van der Waals surface area contributed by atoms with Gasteiger partial charge in [0.15, 0.2) is 0 Å². The standard InChI is InChI=1S/C28H26F3N3O5/c1-18-7-9-19(10-8-18)26(36)34(17-24(35)33-14-3-2-4-15-33)23-12-11-20(16-21(23)27(37)38)39-25-22(28(29,30)31)6-5-13-32-25/h5-13,16H,2-4,14-15,17H2,1H3,(H,37,38). The first-order valence-corrected chi connectivity index (χ1v) is 12.3. The van der Waals surface area contributed by atoms with E-state index in [1.54, 1.807) is 29.2 Å². The van der Waals surface area contributed by atoms with Crippen LogP contribution in [0.5, 0.6) is 11.6 Å². The van der Waals surface area contributed by atoms with E-state index >= 15 is 0 Å². The number of piperidine rings is 1. The van der Waals surface area contributed by atoms with Crippen molar-refractivity contribution in [3.05, 3.63) is 83.0 Å². The Balaban J connectivity index is 1.72. The highest BCUT2D eigenvalue weighted by atomic mass is 19.4. The van der Waals surface area contributed by atoms with Crippen molar-refractivity contribution < 1.29 is 37.4 Å². The molecular formula is C28H26F3N3O5. The first-order chi connectivity index (χ1) is 18.5. The summed E-state index contributed by atoms with van der Waals surface area (Å²) in [6.45, 7) is 2.51. The van der Waals surface area contributed by atoms with E-state index in [0.717, 1.165) is 54.1 Å². The molecule has 2 amide bonds. The summed E-state index contributed by atoms with van der Waals surface area (Å²) in [5.41, 5.74) is -0.504. The number of carbonyl (C=O) groups excluding carboxylic acids is 2. The number of halogens is 3. The molecule has 204 valence electrons. The van der Waals surface area contributed by atoms with Crippen LogP contribution >= 0.6 is 0 Å². The van der Waals surface area contributed by atoms with Gasteiger partial charge in [0.25, 0.3) is 5.91 Å². The lowest BCUT2D eigenvalue weighted by atomic mass is 10.1. The number of amides is 2. The third-order valence-electron chi connectivity index (χ3n) is 6.33. The summed E-state index contributed by atoms with van der Waals surface area (Å²) in [6, 6.07) is 12.0.